The molecule has 3 rings (SSSR count). The van der Waals surface area contributed by atoms with E-state index in [-0.39, 0.29) is 11.7 Å². The maximum Gasteiger partial charge on any atom is 0.272 e. The van der Waals surface area contributed by atoms with Crippen molar-refractivity contribution in [3.63, 3.8) is 0 Å². The summed E-state index contributed by atoms with van der Waals surface area (Å²) in [6.07, 6.45) is -0.107. The molecule has 0 spiro atoms. The molecule has 2 atom stereocenters. The lowest BCUT2D eigenvalue weighted by atomic mass is 9.92. The van der Waals surface area contributed by atoms with E-state index in [1.165, 1.54) is 17.6 Å². The summed E-state index contributed by atoms with van der Waals surface area (Å²) in [6, 6.07) is 13.9. The molecule has 1 heterocycles. The van der Waals surface area contributed by atoms with Crippen LogP contribution >= 0.6 is 0 Å². The van der Waals surface area contributed by atoms with Crippen LogP contribution in [-0.4, -0.2) is 65.9 Å². The van der Waals surface area contributed by atoms with Crippen LogP contribution in [-0.2, 0) is 16.0 Å². The zero-order chi connectivity index (χ0) is 24.5. The number of hydrogen-bond acceptors (Lipinski definition) is 6. The number of rotatable bonds is 10. The van der Waals surface area contributed by atoms with Gasteiger partial charge in [0.2, 0.25) is 5.91 Å². The summed E-state index contributed by atoms with van der Waals surface area (Å²) < 4.78 is 18.6. The smallest absolute Gasteiger partial charge is 0.272 e. The van der Waals surface area contributed by atoms with Gasteiger partial charge in [-0.15, -0.1) is 0 Å². The lowest BCUT2D eigenvalue weighted by Gasteiger charge is -2.38. The predicted octanol–water partition coefficient (Wildman–Crippen LogP) is 2.38. The zero-order valence-electron chi connectivity index (χ0n) is 19.3. The minimum atomic E-state index is -1.65. The number of benzene rings is 2. The van der Waals surface area contributed by atoms with Crippen LogP contribution in [0.1, 0.15) is 25.3 Å². The molecule has 0 radical (unpaired) electrons. The summed E-state index contributed by atoms with van der Waals surface area (Å²) in [5, 5.41) is 19.4. The quantitative estimate of drug-likeness (QED) is 0.362. The fraction of sp³-hybridized carbons (Fsp3) is 0.440. The van der Waals surface area contributed by atoms with Crippen molar-refractivity contribution in [3.05, 3.63) is 59.9 Å². The second-order valence-corrected chi connectivity index (χ2v) is 8.29. The second-order valence-electron chi connectivity index (χ2n) is 8.29. The maximum absolute atomic E-state index is 13.2. The highest BCUT2D eigenvalue weighted by Gasteiger charge is 2.35. The van der Waals surface area contributed by atoms with Gasteiger partial charge >= 0.3 is 0 Å². The van der Waals surface area contributed by atoms with Crippen LogP contribution in [0.15, 0.2) is 48.5 Å². The molecular weight excluding hydrogens is 441 g/mol. The number of piperazine rings is 1. The number of nitrogens with zero attached hydrogens (tertiary/aromatic N) is 2. The van der Waals surface area contributed by atoms with Gasteiger partial charge in [0.05, 0.1) is 12.5 Å². The summed E-state index contributed by atoms with van der Waals surface area (Å²) in [5.74, 6) is -1.80. The second kappa shape index (κ2) is 12.3. The normalized spacial score (nSPS) is 15.5. The first-order chi connectivity index (χ1) is 16.4. The van der Waals surface area contributed by atoms with E-state index in [0.29, 0.717) is 52.0 Å². The molecule has 0 saturated carbocycles. The van der Waals surface area contributed by atoms with Crippen molar-refractivity contribution in [2.45, 2.75) is 32.3 Å². The number of nitrogens with one attached hydrogen (secondary N) is 1. The highest BCUT2D eigenvalue weighted by atomic mass is 19.1. The van der Waals surface area contributed by atoms with Crippen LogP contribution in [0.5, 0.6) is 5.75 Å². The molecule has 0 bridgehead atoms. The zero-order valence-corrected chi connectivity index (χ0v) is 19.3. The Labute approximate surface area is 198 Å². The number of hydroxylamine groups is 1. The van der Waals surface area contributed by atoms with Gasteiger partial charge in [0, 0.05) is 31.9 Å². The van der Waals surface area contributed by atoms with Gasteiger partial charge in [-0.3, -0.25) is 14.8 Å². The molecule has 34 heavy (non-hydrogen) atoms. The fourth-order valence-electron chi connectivity index (χ4n) is 4.18. The summed E-state index contributed by atoms with van der Waals surface area (Å²) in [7, 11) is 0. The van der Waals surface area contributed by atoms with Crippen LogP contribution in [0, 0.1) is 11.7 Å². The molecule has 9 heteroatoms. The Morgan fingerprint density at radius 1 is 1.06 bits per heavy atom. The van der Waals surface area contributed by atoms with Crippen molar-refractivity contribution in [1.82, 2.24) is 10.4 Å². The molecule has 1 saturated heterocycles. The van der Waals surface area contributed by atoms with Crippen LogP contribution in [0.3, 0.4) is 0 Å². The number of amides is 2. The van der Waals surface area contributed by atoms with E-state index in [0.717, 1.165) is 17.0 Å². The van der Waals surface area contributed by atoms with Gasteiger partial charge in [0.15, 0.2) is 0 Å². The molecule has 2 aromatic rings. The summed E-state index contributed by atoms with van der Waals surface area (Å²) in [4.78, 5) is 28.8. The van der Waals surface area contributed by atoms with E-state index in [4.69, 9.17) is 9.94 Å². The summed E-state index contributed by atoms with van der Waals surface area (Å²) in [6.45, 7) is 4.45. The third kappa shape index (κ3) is 6.68. The van der Waals surface area contributed by atoms with E-state index in [9.17, 15) is 19.1 Å². The molecule has 184 valence electrons. The first-order valence-electron chi connectivity index (χ1n) is 11.6. The van der Waals surface area contributed by atoms with Gasteiger partial charge in [-0.2, -0.15) is 0 Å². The van der Waals surface area contributed by atoms with Crippen molar-refractivity contribution in [2.75, 3.05) is 37.7 Å². The number of aliphatic hydroxyl groups excluding tert-OH is 1. The Morgan fingerprint density at radius 3 is 2.29 bits per heavy atom. The van der Waals surface area contributed by atoms with Crippen LogP contribution in [0.4, 0.5) is 10.1 Å². The highest BCUT2D eigenvalue weighted by molar-refractivity contribution is 5.88. The third-order valence-corrected chi connectivity index (χ3v) is 6.08. The van der Waals surface area contributed by atoms with E-state index in [1.807, 2.05) is 31.2 Å². The summed E-state index contributed by atoms with van der Waals surface area (Å²) in [5.41, 5.74) is 3.38. The van der Waals surface area contributed by atoms with Crippen LogP contribution < -0.4 is 15.1 Å². The van der Waals surface area contributed by atoms with Gasteiger partial charge in [-0.25, -0.2) is 9.87 Å². The monoisotopic (exact) mass is 473 g/mol. The molecule has 1 fully saturated rings. The lowest BCUT2D eigenvalue weighted by molar-refractivity contribution is -0.150. The van der Waals surface area contributed by atoms with Gasteiger partial charge < -0.3 is 19.6 Å². The number of aliphatic hydroxyl groups is 1. The largest absolute Gasteiger partial charge is 0.494 e. The molecule has 0 aromatic heterocycles. The van der Waals surface area contributed by atoms with E-state index in [1.54, 1.807) is 17.0 Å². The molecule has 2 aromatic carbocycles. The van der Waals surface area contributed by atoms with E-state index in [2.05, 4.69) is 4.90 Å². The lowest BCUT2D eigenvalue weighted by Crippen LogP contribution is -2.53. The molecule has 1 unspecified atom stereocenters. The first-order valence-corrected chi connectivity index (χ1v) is 11.6. The molecule has 3 N–H and O–H groups in total. The van der Waals surface area contributed by atoms with Crippen molar-refractivity contribution < 1.29 is 29.0 Å². The van der Waals surface area contributed by atoms with Crippen molar-refractivity contribution in [3.8, 4) is 5.75 Å². The Morgan fingerprint density at radius 2 is 1.71 bits per heavy atom. The average molecular weight is 474 g/mol. The average Bonchev–Trinajstić information content (AvgIpc) is 2.87. The number of ether oxygens (including phenoxy) is 1. The molecule has 2 amide bonds. The minimum absolute atomic E-state index is 0.290. The van der Waals surface area contributed by atoms with E-state index < -0.39 is 17.9 Å². The fourth-order valence-corrected chi connectivity index (χ4v) is 4.18. The predicted molar refractivity (Wildman–Crippen MR) is 125 cm³/mol. The first kappa shape index (κ1) is 25.5. The summed E-state index contributed by atoms with van der Waals surface area (Å²) >= 11 is 0. The number of aryl methyl sites for hydroxylation is 1. The SMILES string of the molecule is CCOc1ccc(CCCC(C(=O)N2CCN(c3ccc(F)cc3)CC2)[C@H](O)C(=O)NO)cc1. The van der Waals surface area contributed by atoms with E-state index >= 15 is 0 Å². The van der Waals surface area contributed by atoms with Gasteiger partial charge in [0.25, 0.3) is 5.91 Å². The number of anilines is 1. The van der Waals surface area contributed by atoms with Crippen LogP contribution in [0.25, 0.3) is 0 Å². The van der Waals surface area contributed by atoms with Gasteiger partial charge in [0.1, 0.15) is 17.7 Å². The van der Waals surface area contributed by atoms with Crippen molar-refractivity contribution in [1.29, 1.82) is 0 Å². The Kier molecular flexibility index (Phi) is 9.24. The molecule has 0 aliphatic carbocycles. The maximum atomic E-state index is 13.2. The Hall–Kier alpha value is -3.17. The van der Waals surface area contributed by atoms with Gasteiger partial charge in [-0.05, 0) is 68.1 Å². The van der Waals surface area contributed by atoms with Gasteiger partial charge in [-0.1, -0.05) is 12.1 Å². The van der Waals surface area contributed by atoms with Crippen molar-refractivity contribution >= 4 is 17.5 Å². The third-order valence-electron chi connectivity index (χ3n) is 6.08. The number of halogens is 1. The molecular formula is C25H32FN3O5. The topological polar surface area (TPSA) is 102 Å². The number of carbonyl (C=O) groups is 2. The highest BCUT2D eigenvalue weighted by Crippen LogP contribution is 2.22. The Balaban J connectivity index is 1.59. The number of hydrogen-bond donors (Lipinski definition) is 3. The standard InChI is InChI=1S/C25H32FN3O5/c1-2-34-21-12-6-18(7-13-21)4-3-5-22(23(30)24(31)27-33)25(32)29-16-14-28(15-17-29)20-10-8-19(26)9-11-20/h6-13,22-23,30,33H,2-5,14-17H2,1H3,(H,27,31)/t22?,23-/m0/s1. The number of carbonyl (C=O) groups excluding carboxylic acids is 2. The van der Waals surface area contributed by atoms with Crippen LogP contribution in [0.2, 0.25) is 0 Å². The van der Waals surface area contributed by atoms with Crippen molar-refractivity contribution in [2.24, 2.45) is 5.92 Å². The molecule has 8 nitrogen and oxygen atoms in total. The minimum Gasteiger partial charge on any atom is -0.494 e. The molecule has 1 aliphatic rings. The Bertz CT molecular complexity index is 931. The molecule has 1 aliphatic heterocycles.